The number of amides is 1. The molecule has 0 spiro atoms. The van der Waals surface area contributed by atoms with E-state index < -0.39 is 22.5 Å². The van der Waals surface area contributed by atoms with Gasteiger partial charge in [-0.2, -0.15) is 0 Å². The second kappa shape index (κ2) is 10.8. The van der Waals surface area contributed by atoms with Crippen molar-refractivity contribution in [3.63, 3.8) is 0 Å². The van der Waals surface area contributed by atoms with Crippen molar-refractivity contribution in [1.29, 1.82) is 0 Å². The lowest BCUT2D eigenvalue weighted by Gasteiger charge is -2.26. The highest BCUT2D eigenvalue weighted by Crippen LogP contribution is 2.32. The molecule has 1 N–H and O–H groups in total. The van der Waals surface area contributed by atoms with E-state index in [4.69, 9.17) is 21.1 Å². The van der Waals surface area contributed by atoms with Crippen molar-refractivity contribution in [2.75, 3.05) is 25.1 Å². The van der Waals surface area contributed by atoms with Crippen LogP contribution in [0.15, 0.2) is 71.6 Å². The number of ether oxygens (including phenoxy) is 2. The van der Waals surface area contributed by atoms with Gasteiger partial charge in [0.25, 0.3) is 10.0 Å². The van der Waals surface area contributed by atoms with E-state index in [2.05, 4.69) is 5.32 Å². The molecular formula is C25H27ClN2O5S. The van der Waals surface area contributed by atoms with E-state index in [1.54, 1.807) is 55.5 Å². The summed E-state index contributed by atoms with van der Waals surface area (Å²) in [4.78, 5) is 13.0. The number of nitrogens with zero attached hydrogens (tertiary/aromatic N) is 1. The number of rotatable bonds is 9. The van der Waals surface area contributed by atoms with Gasteiger partial charge in [0.1, 0.15) is 22.9 Å². The van der Waals surface area contributed by atoms with E-state index in [1.165, 1.54) is 20.3 Å². The van der Waals surface area contributed by atoms with E-state index in [0.29, 0.717) is 10.8 Å². The van der Waals surface area contributed by atoms with Crippen LogP contribution in [-0.4, -0.2) is 35.1 Å². The van der Waals surface area contributed by atoms with Crippen LogP contribution in [0.3, 0.4) is 0 Å². The molecule has 1 atom stereocenters. The van der Waals surface area contributed by atoms with Gasteiger partial charge in [-0.15, -0.1) is 0 Å². The number of hydrogen-bond acceptors (Lipinski definition) is 5. The molecule has 0 heterocycles. The van der Waals surface area contributed by atoms with Gasteiger partial charge in [-0.1, -0.05) is 35.9 Å². The molecule has 0 saturated carbocycles. The minimum atomic E-state index is -4.17. The molecule has 0 saturated heterocycles. The first kappa shape index (κ1) is 25.4. The zero-order valence-corrected chi connectivity index (χ0v) is 21.0. The van der Waals surface area contributed by atoms with Crippen molar-refractivity contribution < 1.29 is 22.7 Å². The summed E-state index contributed by atoms with van der Waals surface area (Å²) in [7, 11) is -1.28. The van der Waals surface area contributed by atoms with Gasteiger partial charge >= 0.3 is 0 Å². The first-order valence-electron chi connectivity index (χ1n) is 10.5. The van der Waals surface area contributed by atoms with Crippen LogP contribution < -0.4 is 19.1 Å². The van der Waals surface area contributed by atoms with Crippen LogP contribution in [0.25, 0.3) is 0 Å². The molecule has 0 bridgehead atoms. The average molecular weight is 503 g/mol. The first-order valence-corrected chi connectivity index (χ1v) is 12.3. The molecule has 3 aromatic rings. The van der Waals surface area contributed by atoms with Gasteiger partial charge in [-0.05, 0) is 61.4 Å². The molecular weight excluding hydrogens is 476 g/mol. The number of halogens is 1. The van der Waals surface area contributed by atoms with Crippen molar-refractivity contribution in [3.05, 3.63) is 82.9 Å². The molecule has 0 fully saturated rings. The van der Waals surface area contributed by atoms with E-state index in [-0.39, 0.29) is 22.4 Å². The van der Waals surface area contributed by atoms with E-state index >= 15 is 0 Å². The third-order valence-corrected chi connectivity index (χ3v) is 7.31. The topological polar surface area (TPSA) is 84.9 Å². The Balaban J connectivity index is 1.98. The summed E-state index contributed by atoms with van der Waals surface area (Å²) in [5.41, 5.74) is 1.87. The Labute approximate surface area is 205 Å². The Kier molecular flexibility index (Phi) is 8.06. The Hall–Kier alpha value is -3.23. The number of aryl methyl sites for hydroxylation is 1. The summed E-state index contributed by atoms with van der Waals surface area (Å²) in [6.07, 6.45) is 0. The number of benzene rings is 3. The summed E-state index contributed by atoms with van der Waals surface area (Å²) in [6, 6.07) is 18.1. The lowest BCUT2D eigenvalue weighted by atomic mass is 10.1. The van der Waals surface area contributed by atoms with Gasteiger partial charge in [0.05, 0.1) is 25.9 Å². The van der Waals surface area contributed by atoms with Gasteiger partial charge < -0.3 is 14.8 Å². The van der Waals surface area contributed by atoms with Gasteiger partial charge in [0, 0.05) is 11.1 Å². The molecule has 34 heavy (non-hydrogen) atoms. The van der Waals surface area contributed by atoms with Crippen LogP contribution >= 0.6 is 11.6 Å². The lowest BCUT2D eigenvalue weighted by Crippen LogP contribution is -2.41. The van der Waals surface area contributed by atoms with Gasteiger partial charge in [0.15, 0.2) is 0 Å². The van der Waals surface area contributed by atoms with Crippen molar-refractivity contribution in [1.82, 2.24) is 5.32 Å². The molecule has 180 valence electrons. The summed E-state index contributed by atoms with van der Waals surface area (Å²) in [5.74, 6) is 0.178. The fourth-order valence-electron chi connectivity index (χ4n) is 3.44. The van der Waals surface area contributed by atoms with Crippen molar-refractivity contribution in [3.8, 4) is 11.5 Å². The van der Waals surface area contributed by atoms with Crippen LogP contribution in [-0.2, 0) is 14.8 Å². The molecule has 3 aromatic carbocycles. The third kappa shape index (κ3) is 5.81. The largest absolute Gasteiger partial charge is 0.497 e. The molecule has 1 unspecified atom stereocenters. The standard InChI is InChI=1S/C25H27ClN2O5S/c1-17-8-13-23(33-4)24(14-17)34(30,31)28(21-6-5-7-22(15-21)32-3)16-25(29)27-18(2)19-9-11-20(26)12-10-19/h5-15,18H,16H2,1-4H3,(H,27,29). The van der Waals surface area contributed by atoms with Crippen LogP contribution in [0, 0.1) is 6.92 Å². The van der Waals surface area contributed by atoms with Crippen molar-refractivity contribution in [2.24, 2.45) is 0 Å². The number of sulfonamides is 1. The monoisotopic (exact) mass is 502 g/mol. The second-order valence-corrected chi connectivity index (χ2v) is 9.98. The zero-order chi connectivity index (χ0) is 24.9. The van der Waals surface area contributed by atoms with Crippen LogP contribution in [0.5, 0.6) is 11.5 Å². The van der Waals surface area contributed by atoms with E-state index in [9.17, 15) is 13.2 Å². The number of hydrogen-bond donors (Lipinski definition) is 1. The Morgan fingerprint density at radius 1 is 1.03 bits per heavy atom. The summed E-state index contributed by atoms with van der Waals surface area (Å²) >= 11 is 5.95. The van der Waals surface area contributed by atoms with Gasteiger partial charge in [-0.3, -0.25) is 9.10 Å². The normalized spacial score (nSPS) is 12.0. The minimum Gasteiger partial charge on any atom is -0.497 e. The van der Waals surface area contributed by atoms with Crippen LogP contribution in [0.1, 0.15) is 24.1 Å². The Bertz CT molecular complexity index is 1260. The maximum atomic E-state index is 13.8. The lowest BCUT2D eigenvalue weighted by molar-refractivity contribution is -0.120. The number of carbonyl (C=O) groups is 1. The van der Waals surface area contributed by atoms with E-state index in [0.717, 1.165) is 15.4 Å². The SMILES string of the molecule is COc1cccc(N(CC(=O)NC(C)c2ccc(Cl)cc2)S(=O)(=O)c2cc(C)ccc2OC)c1. The number of methoxy groups -OCH3 is 2. The average Bonchev–Trinajstić information content (AvgIpc) is 2.82. The van der Waals surface area contributed by atoms with Crippen molar-refractivity contribution >= 4 is 33.2 Å². The molecule has 0 aliphatic rings. The van der Waals surface area contributed by atoms with Crippen LogP contribution in [0.4, 0.5) is 5.69 Å². The molecule has 7 nitrogen and oxygen atoms in total. The Morgan fingerprint density at radius 3 is 2.38 bits per heavy atom. The fourth-order valence-corrected chi connectivity index (χ4v) is 5.22. The molecule has 0 aliphatic carbocycles. The molecule has 0 radical (unpaired) electrons. The smallest absolute Gasteiger partial charge is 0.268 e. The summed E-state index contributed by atoms with van der Waals surface area (Å²) in [6.45, 7) is 3.16. The molecule has 9 heteroatoms. The first-order chi connectivity index (χ1) is 16.1. The summed E-state index contributed by atoms with van der Waals surface area (Å²) in [5, 5.41) is 3.45. The van der Waals surface area contributed by atoms with E-state index in [1.807, 2.05) is 19.1 Å². The quantitative estimate of drug-likeness (QED) is 0.457. The number of anilines is 1. The highest BCUT2D eigenvalue weighted by molar-refractivity contribution is 7.93. The molecule has 0 aliphatic heterocycles. The number of carbonyl (C=O) groups excluding carboxylic acids is 1. The minimum absolute atomic E-state index is 0.0311. The second-order valence-electron chi connectivity index (χ2n) is 7.71. The maximum absolute atomic E-state index is 13.8. The maximum Gasteiger partial charge on any atom is 0.268 e. The van der Waals surface area contributed by atoms with Gasteiger partial charge in [-0.25, -0.2) is 8.42 Å². The summed E-state index contributed by atoms with van der Waals surface area (Å²) < 4.78 is 39.2. The highest BCUT2D eigenvalue weighted by Gasteiger charge is 2.31. The zero-order valence-electron chi connectivity index (χ0n) is 19.4. The van der Waals surface area contributed by atoms with Crippen molar-refractivity contribution in [2.45, 2.75) is 24.8 Å². The third-order valence-electron chi connectivity index (χ3n) is 5.26. The predicted molar refractivity (Wildman–Crippen MR) is 133 cm³/mol. The van der Waals surface area contributed by atoms with Gasteiger partial charge in [0.2, 0.25) is 5.91 Å². The highest BCUT2D eigenvalue weighted by atomic mass is 35.5. The van der Waals surface area contributed by atoms with Crippen LogP contribution in [0.2, 0.25) is 5.02 Å². The fraction of sp³-hybridized carbons (Fsp3) is 0.240. The number of nitrogens with one attached hydrogen (secondary N) is 1. The molecule has 1 amide bonds. The predicted octanol–water partition coefficient (Wildman–Crippen LogP) is 4.74. The molecule has 3 rings (SSSR count). The Morgan fingerprint density at radius 2 is 1.74 bits per heavy atom. The molecule has 0 aromatic heterocycles.